The SMILES string of the molecule is COc1ccc(N(C(=O)C=C(C)C)S(=O)(=O)c2ccccc2)cc1Cl. The number of sulfonamides is 1. The van der Waals surface area contributed by atoms with E-state index in [4.69, 9.17) is 16.3 Å². The largest absolute Gasteiger partial charge is 0.495 e. The summed E-state index contributed by atoms with van der Waals surface area (Å²) in [6, 6.07) is 12.1. The first kappa shape index (κ1) is 19.0. The van der Waals surface area contributed by atoms with Crippen LogP contribution >= 0.6 is 11.6 Å². The Balaban J connectivity index is 2.64. The fourth-order valence-electron chi connectivity index (χ4n) is 2.17. The zero-order chi connectivity index (χ0) is 18.6. The van der Waals surface area contributed by atoms with Crippen LogP contribution in [0.2, 0.25) is 5.02 Å². The minimum Gasteiger partial charge on any atom is -0.495 e. The van der Waals surface area contributed by atoms with Gasteiger partial charge in [-0.15, -0.1) is 0 Å². The number of ether oxygens (including phenoxy) is 1. The lowest BCUT2D eigenvalue weighted by Gasteiger charge is -2.22. The monoisotopic (exact) mass is 379 g/mol. The Morgan fingerprint density at radius 1 is 1.12 bits per heavy atom. The standard InChI is InChI=1S/C18H18ClNO4S/c1-13(2)11-18(21)20(14-9-10-17(24-3)16(19)12-14)25(22,23)15-7-5-4-6-8-15/h4-12H,1-3H3. The summed E-state index contributed by atoms with van der Waals surface area (Å²) in [5, 5.41) is 0.207. The van der Waals surface area contributed by atoms with Crippen molar-refractivity contribution < 1.29 is 17.9 Å². The normalized spacial score (nSPS) is 10.9. The number of rotatable bonds is 5. The van der Waals surface area contributed by atoms with Gasteiger partial charge in [-0.1, -0.05) is 35.4 Å². The molecule has 5 nitrogen and oxygen atoms in total. The number of allylic oxidation sites excluding steroid dienone is 1. The minimum absolute atomic E-state index is 0.0115. The molecule has 0 bridgehead atoms. The molecule has 0 saturated carbocycles. The molecular weight excluding hydrogens is 362 g/mol. The molecule has 0 N–H and O–H groups in total. The molecule has 0 spiro atoms. The fourth-order valence-corrected chi connectivity index (χ4v) is 3.81. The molecule has 0 aliphatic heterocycles. The van der Waals surface area contributed by atoms with Crippen LogP contribution in [-0.4, -0.2) is 21.4 Å². The average molecular weight is 380 g/mol. The lowest BCUT2D eigenvalue weighted by molar-refractivity contribution is -0.113. The first-order valence-electron chi connectivity index (χ1n) is 7.40. The van der Waals surface area contributed by atoms with E-state index in [1.165, 1.54) is 43.5 Å². The van der Waals surface area contributed by atoms with Crippen LogP contribution in [0.5, 0.6) is 5.75 Å². The third-order valence-electron chi connectivity index (χ3n) is 3.26. The van der Waals surface area contributed by atoms with E-state index in [2.05, 4.69) is 0 Å². The molecule has 0 aromatic heterocycles. The molecule has 0 saturated heterocycles. The van der Waals surface area contributed by atoms with Gasteiger partial charge in [-0.3, -0.25) is 4.79 Å². The van der Waals surface area contributed by atoms with Gasteiger partial charge >= 0.3 is 0 Å². The summed E-state index contributed by atoms with van der Waals surface area (Å²) in [4.78, 5) is 12.6. The van der Waals surface area contributed by atoms with Crippen molar-refractivity contribution in [2.75, 3.05) is 11.4 Å². The summed E-state index contributed by atoms with van der Waals surface area (Å²) >= 11 is 6.11. The molecular formula is C18H18ClNO4S. The second kappa shape index (κ2) is 7.72. The van der Waals surface area contributed by atoms with Gasteiger partial charge in [0, 0.05) is 6.08 Å². The topological polar surface area (TPSA) is 63.7 Å². The Hall–Kier alpha value is -2.31. The molecule has 25 heavy (non-hydrogen) atoms. The molecule has 2 aromatic carbocycles. The number of carbonyl (C=O) groups excluding carboxylic acids is 1. The number of benzene rings is 2. The molecule has 2 rings (SSSR count). The van der Waals surface area contributed by atoms with Gasteiger partial charge in [0.15, 0.2) is 0 Å². The number of carbonyl (C=O) groups is 1. The molecule has 0 fully saturated rings. The number of hydrogen-bond donors (Lipinski definition) is 0. The molecule has 7 heteroatoms. The summed E-state index contributed by atoms with van der Waals surface area (Å²) in [7, 11) is -2.64. The van der Waals surface area contributed by atoms with E-state index in [-0.39, 0.29) is 15.6 Å². The van der Waals surface area contributed by atoms with Crippen molar-refractivity contribution in [1.29, 1.82) is 0 Å². The van der Waals surface area contributed by atoms with Crippen molar-refractivity contribution in [3.8, 4) is 5.75 Å². The van der Waals surface area contributed by atoms with E-state index in [1.807, 2.05) is 0 Å². The van der Waals surface area contributed by atoms with Crippen LogP contribution in [0.1, 0.15) is 13.8 Å². The molecule has 1 amide bonds. The van der Waals surface area contributed by atoms with Gasteiger partial charge < -0.3 is 4.74 Å². The lowest BCUT2D eigenvalue weighted by Crippen LogP contribution is -2.36. The number of hydrogen-bond acceptors (Lipinski definition) is 4. The van der Waals surface area contributed by atoms with Gasteiger partial charge in [-0.05, 0) is 44.2 Å². The van der Waals surface area contributed by atoms with E-state index >= 15 is 0 Å². The van der Waals surface area contributed by atoms with Gasteiger partial charge in [0.25, 0.3) is 15.9 Å². The van der Waals surface area contributed by atoms with Crippen molar-refractivity contribution >= 4 is 33.2 Å². The van der Waals surface area contributed by atoms with E-state index < -0.39 is 15.9 Å². The number of amides is 1. The Morgan fingerprint density at radius 2 is 1.76 bits per heavy atom. The van der Waals surface area contributed by atoms with Crippen LogP contribution in [0.4, 0.5) is 5.69 Å². The average Bonchev–Trinajstić information content (AvgIpc) is 2.55. The first-order chi connectivity index (χ1) is 11.8. The predicted molar refractivity (Wildman–Crippen MR) is 98.5 cm³/mol. The van der Waals surface area contributed by atoms with E-state index in [0.29, 0.717) is 11.3 Å². The molecule has 0 unspecified atom stereocenters. The summed E-state index contributed by atoms with van der Waals surface area (Å²) in [6.45, 7) is 3.43. The molecule has 0 heterocycles. The van der Waals surface area contributed by atoms with Gasteiger partial charge in [-0.25, -0.2) is 8.42 Å². The number of halogens is 1. The van der Waals surface area contributed by atoms with Crippen LogP contribution in [0.3, 0.4) is 0 Å². The highest BCUT2D eigenvalue weighted by Gasteiger charge is 2.30. The third kappa shape index (κ3) is 4.21. The Labute approximate surface area is 152 Å². The van der Waals surface area contributed by atoms with Crippen molar-refractivity contribution in [1.82, 2.24) is 0 Å². The Bertz CT molecular complexity index is 904. The van der Waals surface area contributed by atoms with Crippen LogP contribution in [0.25, 0.3) is 0 Å². The maximum atomic E-state index is 13.0. The predicted octanol–water partition coefficient (Wildman–Crippen LogP) is 4.04. The van der Waals surface area contributed by atoms with Gasteiger partial charge in [0.05, 0.1) is 22.7 Å². The van der Waals surface area contributed by atoms with Crippen LogP contribution in [-0.2, 0) is 14.8 Å². The number of anilines is 1. The zero-order valence-electron chi connectivity index (χ0n) is 14.1. The second-order valence-electron chi connectivity index (χ2n) is 5.46. The third-order valence-corrected chi connectivity index (χ3v) is 5.30. The molecule has 132 valence electrons. The summed E-state index contributed by atoms with van der Waals surface area (Å²) in [5.74, 6) is -0.290. The van der Waals surface area contributed by atoms with Crippen LogP contribution in [0.15, 0.2) is 65.1 Å². The highest BCUT2D eigenvalue weighted by atomic mass is 35.5. The van der Waals surface area contributed by atoms with Crippen molar-refractivity contribution in [3.05, 3.63) is 65.2 Å². The lowest BCUT2D eigenvalue weighted by atomic mass is 10.2. The quantitative estimate of drug-likeness (QED) is 0.735. The Kier molecular flexibility index (Phi) is 5.87. The van der Waals surface area contributed by atoms with Crippen molar-refractivity contribution in [2.45, 2.75) is 18.7 Å². The molecule has 0 atom stereocenters. The summed E-state index contributed by atoms with van der Waals surface area (Å²) in [6.07, 6.45) is 1.26. The summed E-state index contributed by atoms with van der Waals surface area (Å²) < 4.78 is 31.9. The molecule has 0 aliphatic rings. The first-order valence-corrected chi connectivity index (χ1v) is 9.22. The van der Waals surface area contributed by atoms with Gasteiger partial charge in [-0.2, -0.15) is 4.31 Å². The fraction of sp³-hybridized carbons (Fsp3) is 0.167. The van der Waals surface area contributed by atoms with Gasteiger partial charge in [0.1, 0.15) is 5.75 Å². The van der Waals surface area contributed by atoms with Crippen molar-refractivity contribution in [2.24, 2.45) is 0 Å². The van der Waals surface area contributed by atoms with E-state index in [0.717, 1.165) is 4.31 Å². The van der Waals surface area contributed by atoms with Crippen LogP contribution < -0.4 is 9.04 Å². The molecule has 0 aliphatic carbocycles. The second-order valence-corrected chi connectivity index (χ2v) is 7.66. The minimum atomic E-state index is -4.10. The van der Waals surface area contributed by atoms with Crippen LogP contribution in [0, 0.1) is 0 Å². The van der Waals surface area contributed by atoms with E-state index in [9.17, 15) is 13.2 Å². The summed E-state index contributed by atoms with van der Waals surface area (Å²) in [5.41, 5.74) is 0.815. The smallest absolute Gasteiger partial charge is 0.271 e. The van der Waals surface area contributed by atoms with E-state index in [1.54, 1.807) is 32.0 Å². The molecule has 2 aromatic rings. The van der Waals surface area contributed by atoms with Gasteiger partial charge in [0.2, 0.25) is 0 Å². The van der Waals surface area contributed by atoms with Crippen molar-refractivity contribution in [3.63, 3.8) is 0 Å². The maximum Gasteiger partial charge on any atom is 0.271 e. The highest BCUT2D eigenvalue weighted by molar-refractivity contribution is 7.93. The maximum absolute atomic E-state index is 13.0. The molecule has 0 radical (unpaired) electrons. The Morgan fingerprint density at radius 3 is 2.28 bits per heavy atom. The highest BCUT2D eigenvalue weighted by Crippen LogP contribution is 2.32. The zero-order valence-corrected chi connectivity index (χ0v) is 15.6. The number of methoxy groups -OCH3 is 1. The number of nitrogens with zero attached hydrogens (tertiary/aromatic N) is 1.